The number of hydrogen-bond donors (Lipinski definition) is 0. The number of rotatable bonds is 5. The molecule has 2 aromatic carbocycles. The van der Waals surface area contributed by atoms with Gasteiger partial charge in [0.1, 0.15) is 0 Å². The Morgan fingerprint density at radius 2 is 1.58 bits per heavy atom. The molecule has 0 N–H and O–H groups in total. The molecule has 33 heavy (non-hydrogen) atoms. The Morgan fingerprint density at radius 3 is 2.39 bits per heavy atom. The summed E-state index contributed by atoms with van der Waals surface area (Å²) in [5, 5.41) is 0.812. The Morgan fingerprint density at radius 1 is 0.848 bits per heavy atom. The van der Waals surface area contributed by atoms with E-state index in [1.54, 1.807) is 0 Å². The number of para-hydroxylation sites is 1. The van der Waals surface area contributed by atoms with Crippen molar-refractivity contribution in [2.75, 3.05) is 6.61 Å². The molecule has 0 aliphatic heterocycles. The number of nitrogens with zero attached hydrogens (tertiary/aromatic N) is 1. The minimum atomic E-state index is -0.418. The SMILES string of the molecule is O=C(COC(=O)c1c2c(nc3ccccc13)CCCCC2)c1ccc(C2CCCCC2)cc1. The summed E-state index contributed by atoms with van der Waals surface area (Å²) in [6.45, 7) is -0.243. The molecule has 0 bridgehead atoms. The zero-order chi connectivity index (χ0) is 22.6. The number of aromatic nitrogens is 1. The Hall–Kier alpha value is -3.01. The highest BCUT2D eigenvalue weighted by Gasteiger charge is 2.24. The van der Waals surface area contributed by atoms with E-state index in [4.69, 9.17) is 9.72 Å². The molecule has 0 spiro atoms. The van der Waals surface area contributed by atoms with Crippen LogP contribution in [-0.4, -0.2) is 23.3 Å². The highest BCUT2D eigenvalue weighted by Crippen LogP contribution is 2.33. The van der Waals surface area contributed by atoms with Crippen LogP contribution in [0.5, 0.6) is 0 Å². The molecule has 0 atom stereocenters. The second-order valence-electron chi connectivity index (χ2n) is 9.45. The first-order valence-electron chi connectivity index (χ1n) is 12.4. The second-order valence-corrected chi connectivity index (χ2v) is 9.45. The van der Waals surface area contributed by atoms with Crippen molar-refractivity contribution < 1.29 is 14.3 Å². The lowest BCUT2D eigenvalue weighted by Crippen LogP contribution is -2.17. The van der Waals surface area contributed by atoms with Crippen molar-refractivity contribution in [1.29, 1.82) is 0 Å². The van der Waals surface area contributed by atoms with E-state index in [2.05, 4.69) is 12.1 Å². The average molecular weight is 442 g/mol. The van der Waals surface area contributed by atoms with Gasteiger partial charge in [-0.15, -0.1) is 0 Å². The predicted octanol–water partition coefficient (Wildman–Crippen LogP) is 6.59. The fourth-order valence-electron chi connectivity index (χ4n) is 5.45. The zero-order valence-electron chi connectivity index (χ0n) is 19.1. The molecule has 0 saturated heterocycles. The van der Waals surface area contributed by atoms with Gasteiger partial charge in [0.25, 0.3) is 0 Å². The number of fused-ring (bicyclic) bond motifs is 2. The van der Waals surface area contributed by atoms with Gasteiger partial charge in [0.05, 0.1) is 11.1 Å². The minimum Gasteiger partial charge on any atom is -0.454 e. The number of aryl methyl sites for hydroxylation is 1. The van der Waals surface area contributed by atoms with E-state index in [9.17, 15) is 9.59 Å². The lowest BCUT2D eigenvalue weighted by Gasteiger charge is -2.22. The normalized spacial score (nSPS) is 16.7. The van der Waals surface area contributed by atoms with Gasteiger partial charge in [0.15, 0.2) is 12.4 Å². The van der Waals surface area contributed by atoms with Crippen LogP contribution in [0.1, 0.15) is 94.8 Å². The second kappa shape index (κ2) is 9.86. The molecule has 170 valence electrons. The van der Waals surface area contributed by atoms with Gasteiger partial charge in [0.2, 0.25) is 0 Å². The first-order valence-corrected chi connectivity index (χ1v) is 12.4. The molecule has 0 unspecified atom stereocenters. The van der Waals surface area contributed by atoms with Gasteiger partial charge in [-0.05, 0) is 61.6 Å². The van der Waals surface area contributed by atoms with Crippen molar-refractivity contribution >= 4 is 22.7 Å². The van der Waals surface area contributed by atoms with E-state index >= 15 is 0 Å². The van der Waals surface area contributed by atoms with Crippen molar-refractivity contribution in [1.82, 2.24) is 4.98 Å². The number of ether oxygens (including phenoxy) is 1. The summed E-state index contributed by atoms with van der Waals surface area (Å²) in [6, 6.07) is 15.6. The molecule has 4 nitrogen and oxygen atoms in total. The smallest absolute Gasteiger partial charge is 0.339 e. The minimum absolute atomic E-state index is 0.164. The van der Waals surface area contributed by atoms with E-state index < -0.39 is 5.97 Å². The third kappa shape index (κ3) is 4.71. The zero-order valence-corrected chi connectivity index (χ0v) is 19.1. The topological polar surface area (TPSA) is 56.3 Å². The van der Waals surface area contributed by atoms with Gasteiger partial charge in [-0.25, -0.2) is 4.79 Å². The maximum Gasteiger partial charge on any atom is 0.339 e. The number of pyridine rings is 1. The van der Waals surface area contributed by atoms with E-state index in [0.717, 1.165) is 54.3 Å². The molecule has 1 aromatic heterocycles. The highest BCUT2D eigenvalue weighted by molar-refractivity contribution is 6.06. The number of benzene rings is 2. The van der Waals surface area contributed by atoms with Crippen LogP contribution < -0.4 is 0 Å². The van der Waals surface area contributed by atoms with Crippen LogP contribution in [0, 0.1) is 0 Å². The van der Waals surface area contributed by atoms with Gasteiger partial charge < -0.3 is 4.74 Å². The Labute approximate surface area is 195 Å². The third-order valence-corrected chi connectivity index (χ3v) is 7.27. The summed E-state index contributed by atoms with van der Waals surface area (Å²) in [4.78, 5) is 30.9. The number of carbonyl (C=O) groups is 2. The number of esters is 1. The summed E-state index contributed by atoms with van der Waals surface area (Å²) < 4.78 is 5.59. The van der Waals surface area contributed by atoms with Gasteiger partial charge in [-0.1, -0.05) is 68.1 Å². The predicted molar refractivity (Wildman–Crippen MR) is 130 cm³/mol. The quantitative estimate of drug-likeness (QED) is 0.255. The number of ketones is 1. The maximum atomic E-state index is 13.2. The van der Waals surface area contributed by atoms with Crippen LogP contribution in [-0.2, 0) is 17.6 Å². The molecule has 2 aliphatic carbocycles. The first kappa shape index (κ1) is 21.8. The summed E-state index contributed by atoms with van der Waals surface area (Å²) in [6.07, 6.45) is 11.3. The number of carbonyl (C=O) groups excluding carboxylic acids is 2. The number of Topliss-reactive ketones (excluding diaryl/α,β-unsaturated/α-hetero) is 1. The van der Waals surface area contributed by atoms with E-state index in [1.165, 1.54) is 37.7 Å². The molecule has 4 heteroatoms. The van der Waals surface area contributed by atoms with Crippen LogP contribution in [0.4, 0.5) is 0 Å². The molecular formula is C29H31NO3. The molecule has 1 fully saturated rings. The van der Waals surface area contributed by atoms with Crippen LogP contribution in [0.3, 0.4) is 0 Å². The molecule has 3 aromatic rings. The molecule has 5 rings (SSSR count). The van der Waals surface area contributed by atoms with Gasteiger partial charge in [-0.3, -0.25) is 9.78 Å². The van der Waals surface area contributed by atoms with E-state index in [-0.39, 0.29) is 12.4 Å². The van der Waals surface area contributed by atoms with Crippen LogP contribution in [0.25, 0.3) is 10.9 Å². The monoisotopic (exact) mass is 441 g/mol. The standard InChI is InChI=1S/C29H31NO3/c31-27(22-17-15-21(16-18-22)20-9-3-1-4-10-20)19-33-29(32)28-23-11-5-2-6-13-25(23)30-26-14-8-7-12-24(26)28/h7-8,12,14-18,20H,1-6,9-11,13,19H2. The lowest BCUT2D eigenvalue weighted by molar-refractivity contribution is 0.0475. The van der Waals surface area contributed by atoms with Crippen molar-refractivity contribution in [2.45, 2.75) is 70.1 Å². The fourth-order valence-corrected chi connectivity index (χ4v) is 5.45. The van der Waals surface area contributed by atoms with Crippen LogP contribution in [0.2, 0.25) is 0 Å². The van der Waals surface area contributed by atoms with E-state index in [1.807, 2.05) is 36.4 Å². The van der Waals surface area contributed by atoms with Gasteiger partial charge in [0, 0.05) is 16.6 Å². The van der Waals surface area contributed by atoms with Crippen molar-refractivity contribution in [3.63, 3.8) is 0 Å². The largest absolute Gasteiger partial charge is 0.454 e. The molecule has 1 saturated carbocycles. The average Bonchev–Trinajstić information content (AvgIpc) is 3.11. The first-order chi connectivity index (χ1) is 16.2. The van der Waals surface area contributed by atoms with E-state index in [0.29, 0.717) is 17.0 Å². The molecule has 2 aliphatic rings. The molecular weight excluding hydrogens is 410 g/mol. The number of hydrogen-bond acceptors (Lipinski definition) is 4. The highest BCUT2D eigenvalue weighted by atomic mass is 16.5. The van der Waals surface area contributed by atoms with Crippen molar-refractivity contribution in [2.24, 2.45) is 0 Å². The molecule has 1 heterocycles. The van der Waals surface area contributed by atoms with Crippen LogP contribution in [0.15, 0.2) is 48.5 Å². The molecule has 0 radical (unpaired) electrons. The summed E-state index contributed by atoms with van der Waals surface area (Å²) in [5.74, 6) is 0.0258. The van der Waals surface area contributed by atoms with Gasteiger partial charge >= 0.3 is 5.97 Å². The Bertz CT molecular complexity index is 1160. The van der Waals surface area contributed by atoms with Crippen molar-refractivity contribution in [3.05, 3.63) is 76.5 Å². The summed E-state index contributed by atoms with van der Waals surface area (Å²) >= 11 is 0. The summed E-state index contributed by atoms with van der Waals surface area (Å²) in [5.41, 5.74) is 5.32. The lowest BCUT2D eigenvalue weighted by atomic mass is 9.84. The Balaban J connectivity index is 1.33. The fraction of sp³-hybridized carbons (Fsp3) is 0.414. The maximum absolute atomic E-state index is 13.2. The Kier molecular flexibility index (Phi) is 6.52. The van der Waals surface area contributed by atoms with Gasteiger partial charge in [-0.2, -0.15) is 0 Å². The summed E-state index contributed by atoms with van der Waals surface area (Å²) in [7, 11) is 0. The van der Waals surface area contributed by atoms with Crippen molar-refractivity contribution in [3.8, 4) is 0 Å². The third-order valence-electron chi connectivity index (χ3n) is 7.27. The van der Waals surface area contributed by atoms with Crippen LogP contribution >= 0.6 is 0 Å². The molecule has 0 amide bonds.